The average molecular weight is 148 g/mol. The molecular weight excluding hydrogens is 140 g/mol. The third kappa shape index (κ3) is 0.832. The van der Waals surface area contributed by atoms with Gasteiger partial charge in [0.25, 0.3) is 0 Å². The van der Waals surface area contributed by atoms with Crippen LogP contribution in [0.1, 0.15) is 0 Å². The fourth-order valence-electron chi connectivity index (χ4n) is 1.03. The molecule has 4 heteroatoms. The van der Waals surface area contributed by atoms with Gasteiger partial charge >= 0.3 is 0 Å². The molecule has 2 rings (SSSR count). The summed E-state index contributed by atoms with van der Waals surface area (Å²) < 4.78 is 1.75. The van der Waals surface area contributed by atoms with E-state index in [1.807, 2.05) is 25.2 Å². The molecule has 2 aromatic rings. The molecule has 1 N–H and O–H groups in total. The van der Waals surface area contributed by atoms with Crippen LogP contribution < -0.4 is 5.32 Å². The molecule has 0 aliphatic heterocycles. The molecule has 11 heavy (non-hydrogen) atoms. The molecule has 0 bridgehead atoms. The van der Waals surface area contributed by atoms with E-state index in [9.17, 15) is 0 Å². The molecule has 56 valence electrons. The molecular formula is C7H8N4. The molecule has 0 atom stereocenters. The predicted octanol–water partition coefficient (Wildman–Crippen LogP) is 0.771. The highest BCUT2D eigenvalue weighted by Crippen LogP contribution is 2.06. The average Bonchev–Trinajstić information content (AvgIpc) is 2.50. The number of nitrogens with zero attached hydrogens (tertiary/aromatic N) is 3. The Hall–Kier alpha value is -1.58. The third-order valence-corrected chi connectivity index (χ3v) is 1.56. The van der Waals surface area contributed by atoms with Crippen molar-refractivity contribution in [2.45, 2.75) is 0 Å². The van der Waals surface area contributed by atoms with Crippen molar-refractivity contribution < 1.29 is 0 Å². The predicted molar refractivity (Wildman–Crippen MR) is 42.5 cm³/mol. The summed E-state index contributed by atoms with van der Waals surface area (Å²) in [6, 6.07) is 5.80. The first kappa shape index (κ1) is 6.15. The molecule has 4 nitrogen and oxygen atoms in total. The normalized spacial score (nSPS) is 10.3. The van der Waals surface area contributed by atoms with Gasteiger partial charge in [0.1, 0.15) is 12.1 Å². The lowest BCUT2D eigenvalue weighted by molar-refractivity contribution is 0.964. The van der Waals surface area contributed by atoms with Gasteiger partial charge in [-0.1, -0.05) is 6.07 Å². The molecule has 0 fully saturated rings. The van der Waals surface area contributed by atoms with E-state index in [0.29, 0.717) is 0 Å². The van der Waals surface area contributed by atoms with Gasteiger partial charge in [-0.05, 0) is 12.1 Å². The van der Waals surface area contributed by atoms with Crippen molar-refractivity contribution in [3.05, 3.63) is 24.5 Å². The van der Waals surface area contributed by atoms with Crippen molar-refractivity contribution in [2.75, 3.05) is 12.4 Å². The second kappa shape index (κ2) is 2.23. The summed E-state index contributed by atoms with van der Waals surface area (Å²) in [5.41, 5.74) is 0.858. The Bertz CT molecular complexity index is 365. The first-order chi connectivity index (χ1) is 5.42. The number of rotatable bonds is 1. The summed E-state index contributed by atoms with van der Waals surface area (Å²) in [4.78, 5) is 4.04. The molecule has 0 spiro atoms. The van der Waals surface area contributed by atoms with Gasteiger partial charge in [-0.2, -0.15) is 9.61 Å². The fraction of sp³-hybridized carbons (Fsp3) is 0.143. The van der Waals surface area contributed by atoms with Crippen molar-refractivity contribution in [1.29, 1.82) is 0 Å². The molecule has 0 aromatic carbocycles. The molecule has 0 saturated heterocycles. The monoisotopic (exact) mass is 148 g/mol. The Morgan fingerprint density at radius 2 is 2.36 bits per heavy atom. The smallest absolute Gasteiger partial charge is 0.157 e. The van der Waals surface area contributed by atoms with E-state index in [-0.39, 0.29) is 0 Å². The second-order valence-electron chi connectivity index (χ2n) is 2.19. The Balaban J connectivity index is 2.79. The highest BCUT2D eigenvalue weighted by Gasteiger charge is 1.96. The van der Waals surface area contributed by atoms with Crippen LogP contribution in [0.4, 0.5) is 5.82 Å². The van der Waals surface area contributed by atoms with Crippen LogP contribution in [0.5, 0.6) is 0 Å². The minimum atomic E-state index is 0.858. The van der Waals surface area contributed by atoms with Crippen molar-refractivity contribution in [1.82, 2.24) is 14.6 Å². The lowest BCUT2D eigenvalue weighted by atomic mass is 10.4. The summed E-state index contributed by atoms with van der Waals surface area (Å²) in [7, 11) is 1.86. The molecule has 0 amide bonds. The molecule has 0 unspecified atom stereocenters. The molecule has 0 aliphatic carbocycles. The summed E-state index contributed by atoms with van der Waals surface area (Å²) in [6.45, 7) is 0. The zero-order valence-electron chi connectivity index (χ0n) is 6.15. The van der Waals surface area contributed by atoms with Gasteiger partial charge < -0.3 is 5.32 Å². The minimum Gasteiger partial charge on any atom is -0.373 e. The number of hydrogen-bond acceptors (Lipinski definition) is 3. The maximum Gasteiger partial charge on any atom is 0.157 e. The fourth-order valence-corrected chi connectivity index (χ4v) is 1.03. The number of aromatic nitrogens is 3. The van der Waals surface area contributed by atoms with Crippen LogP contribution in [0.15, 0.2) is 24.5 Å². The number of pyridine rings is 1. The summed E-state index contributed by atoms with van der Waals surface area (Å²) in [5.74, 6) is 0.944. The van der Waals surface area contributed by atoms with Gasteiger partial charge in [-0.15, -0.1) is 0 Å². The molecule has 0 aliphatic rings. The second-order valence-corrected chi connectivity index (χ2v) is 2.19. The standard InChI is InChI=1S/C7H8N4/c1-8-6-3-2-4-7-9-5-10-11(6)7/h2-5,8H,1H3. The quantitative estimate of drug-likeness (QED) is 0.649. The van der Waals surface area contributed by atoms with E-state index in [1.165, 1.54) is 6.33 Å². The van der Waals surface area contributed by atoms with Gasteiger partial charge in [0.05, 0.1) is 0 Å². The van der Waals surface area contributed by atoms with Crippen LogP contribution in [0.25, 0.3) is 5.65 Å². The highest BCUT2D eigenvalue weighted by molar-refractivity contribution is 5.47. The topological polar surface area (TPSA) is 42.2 Å². The zero-order chi connectivity index (χ0) is 7.68. The van der Waals surface area contributed by atoms with E-state index in [0.717, 1.165) is 11.5 Å². The lowest BCUT2D eigenvalue weighted by Crippen LogP contribution is -1.97. The lowest BCUT2D eigenvalue weighted by Gasteiger charge is -2.00. The van der Waals surface area contributed by atoms with Gasteiger partial charge in [0.2, 0.25) is 0 Å². The van der Waals surface area contributed by atoms with Crippen LogP contribution in [0, 0.1) is 0 Å². The number of anilines is 1. The Kier molecular flexibility index (Phi) is 1.25. The highest BCUT2D eigenvalue weighted by atomic mass is 15.3. The molecule has 2 aromatic heterocycles. The summed E-state index contributed by atoms with van der Waals surface area (Å²) in [6.07, 6.45) is 1.54. The SMILES string of the molecule is CNc1cccc2ncnn12. The van der Waals surface area contributed by atoms with Crippen molar-refractivity contribution in [3.63, 3.8) is 0 Å². The maximum absolute atomic E-state index is 4.04. The Labute approximate surface area is 63.9 Å². The van der Waals surface area contributed by atoms with Gasteiger partial charge in [0.15, 0.2) is 5.65 Å². The van der Waals surface area contributed by atoms with E-state index in [4.69, 9.17) is 0 Å². The van der Waals surface area contributed by atoms with E-state index >= 15 is 0 Å². The van der Waals surface area contributed by atoms with Crippen molar-refractivity contribution in [3.8, 4) is 0 Å². The van der Waals surface area contributed by atoms with Crippen LogP contribution in [0.3, 0.4) is 0 Å². The van der Waals surface area contributed by atoms with E-state index < -0.39 is 0 Å². The number of fused-ring (bicyclic) bond motifs is 1. The van der Waals surface area contributed by atoms with Gasteiger partial charge in [0, 0.05) is 7.05 Å². The van der Waals surface area contributed by atoms with Crippen molar-refractivity contribution >= 4 is 11.5 Å². The third-order valence-electron chi connectivity index (χ3n) is 1.56. The Morgan fingerprint density at radius 3 is 3.18 bits per heavy atom. The van der Waals surface area contributed by atoms with Crippen LogP contribution in [0.2, 0.25) is 0 Å². The summed E-state index contributed by atoms with van der Waals surface area (Å²) in [5, 5.41) is 7.05. The molecule has 0 saturated carbocycles. The number of nitrogens with one attached hydrogen (secondary N) is 1. The van der Waals surface area contributed by atoms with Gasteiger partial charge in [-0.3, -0.25) is 0 Å². The first-order valence-electron chi connectivity index (χ1n) is 3.38. The molecule has 2 heterocycles. The summed E-state index contributed by atoms with van der Waals surface area (Å²) >= 11 is 0. The minimum absolute atomic E-state index is 0.858. The maximum atomic E-state index is 4.04. The van der Waals surface area contributed by atoms with Crippen LogP contribution in [-0.4, -0.2) is 21.6 Å². The zero-order valence-corrected chi connectivity index (χ0v) is 6.15. The Morgan fingerprint density at radius 1 is 1.45 bits per heavy atom. The molecule has 0 radical (unpaired) electrons. The number of hydrogen-bond donors (Lipinski definition) is 1. The van der Waals surface area contributed by atoms with Crippen LogP contribution in [-0.2, 0) is 0 Å². The van der Waals surface area contributed by atoms with Gasteiger partial charge in [-0.25, -0.2) is 4.98 Å². The van der Waals surface area contributed by atoms with E-state index in [1.54, 1.807) is 4.52 Å². The van der Waals surface area contributed by atoms with E-state index in [2.05, 4.69) is 15.4 Å². The van der Waals surface area contributed by atoms with Crippen LogP contribution >= 0.6 is 0 Å². The largest absolute Gasteiger partial charge is 0.373 e. The van der Waals surface area contributed by atoms with Crippen molar-refractivity contribution in [2.24, 2.45) is 0 Å². The first-order valence-corrected chi connectivity index (χ1v) is 3.38.